The van der Waals surface area contributed by atoms with Gasteiger partial charge in [-0.15, -0.1) is 0 Å². The average molecular weight is 219 g/mol. The van der Waals surface area contributed by atoms with Gasteiger partial charge in [0.25, 0.3) is 0 Å². The van der Waals surface area contributed by atoms with Gasteiger partial charge in [-0.2, -0.15) is 0 Å². The van der Waals surface area contributed by atoms with E-state index >= 15 is 0 Å². The largest absolute Gasteiger partial charge is 0.444 e. The summed E-state index contributed by atoms with van der Waals surface area (Å²) in [6.07, 6.45) is -0.952. The summed E-state index contributed by atoms with van der Waals surface area (Å²) in [4.78, 5) is 11.4. The highest BCUT2D eigenvalue weighted by Gasteiger charge is 2.22. The highest BCUT2D eigenvalue weighted by atomic mass is 16.7. The van der Waals surface area contributed by atoms with Crippen molar-refractivity contribution in [3.05, 3.63) is 0 Å². The predicted molar refractivity (Wildman–Crippen MR) is 56.6 cm³/mol. The second-order valence-corrected chi connectivity index (χ2v) is 4.27. The average Bonchev–Trinajstić information content (AvgIpc) is 2.02. The molecule has 0 saturated carbocycles. The maximum Gasteiger partial charge on any atom is 0.408 e. The summed E-state index contributed by atoms with van der Waals surface area (Å²) in [5.41, 5.74) is -0.501. The second kappa shape index (κ2) is 5.92. The Hall–Kier alpha value is -0.810. The molecule has 90 valence electrons. The third kappa shape index (κ3) is 6.30. The van der Waals surface area contributed by atoms with Gasteiger partial charge in [-0.1, -0.05) is 0 Å². The number of alkyl carbamates (subject to hydrolysis) is 1. The topological polar surface area (TPSA) is 56.8 Å². The lowest BCUT2D eigenvalue weighted by molar-refractivity contribution is -0.119. The zero-order chi connectivity index (χ0) is 12.1. The van der Waals surface area contributed by atoms with E-state index in [-0.39, 0.29) is 6.04 Å². The fourth-order valence-corrected chi connectivity index (χ4v) is 1.07. The van der Waals surface area contributed by atoms with Crippen LogP contribution in [0.3, 0.4) is 0 Å². The van der Waals surface area contributed by atoms with Crippen LogP contribution in [0.2, 0.25) is 0 Å². The first kappa shape index (κ1) is 14.2. The van der Waals surface area contributed by atoms with Gasteiger partial charge in [0.05, 0.1) is 6.04 Å². The molecule has 0 saturated heterocycles. The molecule has 0 spiro atoms. The molecule has 1 amide bonds. The van der Waals surface area contributed by atoms with Crippen molar-refractivity contribution in [1.29, 1.82) is 0 Å². The molecule has 0 rings (SSSR count). The fraction of sp³-hybridized carbons (Fsp3) is 0.900. The summed E-state index contributed by atoms with van der Waals surface area (Å²) < 4.78 is 15.1. The first-order chi connectivity index (χ1) is 6.80. The molecular formula is C10H21NO4. The fourth-order valence-electron chi connectivity index (χ4n) is 1.07. The Morgan fingerprint density at radius 1 is 1.20 bits per heavy atom. The van der Waals surface area contributed by atoms with Crippen LogP contribution in [-0.2, 0) is 14.2 Å². The maximum atomic E-state index is 11.4. The van der Waals surface area contributed by atoms with Crippen LogP contribution in [0.1, 0.15) is 27.7 Å². The van der Waals surface area contributed by atoms with E-state index in [9.17, 15) is 4.79 Å². The minimum Gasteiger partial charge on any atom is -0.444 e. The molecule has 0 aromatic rings. The third-order valence-electron chi connectivity index (χ3n) is 1.62. The van der Waals surface area contributed by atoms with Crippen LogP contribution in [0.25, 0.3) is 0 Å². The number of ether oxygens (including phenoxy) is 3. The number of carbonyl (C=O) groups is 1. The Labute approximate surface area is 91.1 Å². The number of nitrogens with one attached hydrogen (secondary N) is 1. The van der Waals surface area contributed by atoms with Crippen LogP contribution >= 0.6 is 0 Å². The van der Waals surface area contributed by atoms with Crippen molar-refractivity contribution in [3.63, 3.8) is 0 Å². The summed E-state index contributed by atoms with van der Waals surface area (Å²) in [6.45, 7) is 7.20. The molecule has 0 aromatic heterocycles. The van der Waals surface area contributed by atoms with Crippen molar-refractivity contribution in [2.45, 2.75) is 45.6 Å². The van der Waals surface area contributed by atoms with E-state index < -0.39 is 18.0 Å². The molecule has 0 heterocycles. The van der Waals surface area contributed by atoms with E-state index in [4.69, 9.17) is 14.2 Å². The van der Waals surface area contributed by atoms with Crippen molar-refractivity contribution in [3.8, 4) is 0 Å². The third-order valence-corrected chi connectivity index (χ3v) is 1.62. The maximum absolute atomic E-state index is 11.4. The number of carbonyl (C=O) groups excluding carboxylic acids is 1. The van der Waals surface area contributed by atoms with Crippen molar-refractivity contribution in [2.75, 3.05) is 14.2 Å². The molecule has 0 radical (unpaired) electrons. The SMILES string of the molecule is COC(OC)C(C)NC(=O)OC(C)(C)C. The molecule has 1 N–H and O–H groups in total. The van der Waals surface area contributed by atoms with E-state index in [2.05, 4.69) is 5.32 Å². The van der Waals surface area contributed by atoms with E-state index in [1.54, 1.807) is 27.7 Å². The summed E-state index contributed by atoms with van der Waals surface area (Å²) in [7, 11) is 3.03. The second-order valence-electron chi connectivity index (χ2n) is 4.27. The zero-order valence-corrected chi connectivity index (χ0v) is 10.3. The van der Waals surface area contributed by atoms with Crippen molar-refractivity contribution in [1.82, 2.24) is 5.32 Å². The van der Waals surface area contributed by atoms with Crippen LogP contribution in [0.4, 0.5) is 4.79 Å². The zero-order valence-electron chi connectivity index (χ0n) is 10.3. The number of hydrogen-bond acceptors (Lipinski definition) is 4. The molecule has 0 bridgehead atoms. The van der Waals surface area contributed by atoms with Crippen LogP contribution in [0, 0.1) is 0 Å². The number of amides is 1. The van der Waals surface area contributed by atoms with Gasteiger partial charge in [0, 0.05) is 14.2 Å². The highest BCUT2D eigenvalue weighted by molar-refractivity contribution is 5.68. The Morgan fingerprint density at radius 3 is 2.00 bits per heavy atom. The predicted octanol–water partition coefficient (Wildman–Crippen LogP) is 1.52. The Kier molecular flexibility index (Phi) is 5.60. The first-order valence-electron chi connectivity index (χ1n) is 4.85. The summed E-state index contributed by atoms with van der Waals surface area (Å²) >= 11 is 0. The lowest BCUT2D eigenvalue weighted by Crippen LogP contribution is -2.45. The molecule has 0 fully saturated rings. The van der Waals surface area contributed by atoms with Crippen LogP contribution in [0.5, 0.6) is 0 Å². The Morgan fingerprint density at radius 2 is 1.67 bits per heavy atom. The number of rotatable bonds is 4. The summed E-state index contributed by atoms with van der Waals surface area (Å²) in [6, 6.07) is -0.269. The van der Waals surface area contributed by atoms with Gasteiger partial charge in [0.2, 0.25) is 0 Å². The van der Waals surface area contributed by atoms with Gasteiger partial charge in [0.1, 0.15) is 5.60 Å². The van der Waals surface area contributed by atoms with Gasteiger partial charge >= 0.3 is 6.09 Å². The molecule has 0 aliphatic carbocycles. The van der Waals surface area contributed by atoms with Crippen molar-refractivity contribution in [2.24, 2.45) is 0 Å². The van der Waals surface area contributed by atoms with Gasteiger partial charge in [0.15, 0.2) is 6.29 Å². The smallest absolute Gasteiger partial charge is 0.408 e. The summed E-state index contributed by atoms with van der Waals surface area (Å²) in [5, 5.41) is 2.63. The Balaban J connectivity index is 4.06. The van der Waals surface area contributed by atoms with E-state index in [0.29, 0.717) is 0 Å². The molecule has 15 heavy (non-hydrogen) atoms. The summed E-state index contributed by atoms with van der Waals surface area (Å²) in [5.74, 6) is 0. The van der Waals surface area contributed by atoms with E-state index in [1.165, 1.54) is 14.2 Å². The molecule has 0 aliphatic rings. The molecule has 1 unspecified atom stereocenters. The molecular weight excluding hydrogens is 198 g/mol. The molecule has 1 atom stereocenters. The van der Waals surface area contributed by atoms with Crippen LogP contribution < -0.4 is 5.32 Å². The Bertz CT molecular complexity index is 196. The minimum atomic E-state index is -0.501. The van der Waals surface area contributed by atoms with Gasteiger partial charge < -0.3 is 19.5 Å². The molecule has 0 aliphatic heterocycles. The monoisotopic (exact) mass is 219 g/mol. The van der Waals surface area contributed by atoms with Crippen molar-refractivity contribution < 1.29 is 19.0 Å². The first-order valence-corrected chi connectivity index (χ1v) is 4.85. The number of hydrogen-bond donors (Lipinski definition) is 1. The quantitative estimate of drug-likeness (QED) is 0.728. The van der Waals surface area contributed by atoms with Gasteiger partial charge in [-0.05, 0) is 27.7 Å². The molecule has 5 nitrogen and oxygen atoms in total. The van der Waals surface area contributed by atoms with Crippen LogP contribution in [-0.4, -0.2) is 38.2 Å². The van der Waals surface area contributed by atoms with E-state index in [0.717, 1.165) is 0 Å². The van der Waals surface area contributed by atoms with Crippen LogP contribution in [0.15, 0.2) is 0 Å². The van der Waals surface area contributed by atoms with Gasteiger partial charge in [-0.25, -0.2) is 4.79 Å². The normalized spacial score (nSPS) is 13.8. The van der Waals surface area contributed by atoms with Gasteiger partial charge in [-0.3, -0.25) is 0 Å². The number of methoxy groups -OCH3 is 2. The lowest BCUT2D eigenvalue weighted by Gasteiger charge is -2.25. The van der Waals surface area contributed by atoms with Crippen molar-refractivity contribution >= 4 is 6.09 Å². The highest BCUT2D eigenvalue weighted by Crippen LogP contribution is 2.07. The van der Waals surface area contributed by atoms with E-state index in [1.807, 2.05) is 0 Å². The molecule has 0 aromatic carbocycles. The molecule has 5 heteroatoms. The lowest BCUT2D eigenvalue weighted by atomic mass is 10.2. The minimum absolute atomic E-state index is 0.269. The standard InChI is InChI=1S/C10H21NO4/c1-7(8(13-5)14-6)11-9(12)15-10(2,3)4/h7-8H,1-6H3,(H,11,12).